The molecule has 2 atom stereocenters. The standard InChI is InChI=1S/C22H23F4N5O/c1-11(2)18-15(22(24,25)26)6-12(9-28-18)29-20(32)13-8-21(4-3-5-21)19-14(13)10-27-17-7-16(23)30-31(17)19/h6,9-11,13,17H,3-5,7-8H2,1-2H3,(H,29,32). The van der Waals surface area contributed by atoms with Crippen LogP contribution < -0.4 is 5.32 Å². The Morgan fingerprint density at radius 1 is 1.31 bits per heavy atom. The van der Waals surface area contributed by atoms with Gasteiger partial charge in [0.2, 0.25) is 11.9 Å². The zero-order valence-electron chi connectivity index (χ0n) is 17.7. The van der Waals surface area contributed by atoms with Crippen molar-refractivity contribution in [1.29, 1.82) is 0 Å². The molecule has 1 aromatic heterocycles. The first-order valence-electron chi connectivity index (χ1n) is 10.8. The lowest BCUT2D eigenvalue weighted by molar-refractivity contribution is -0.138. The first kappa shape index (κ1) is 21.1. The molecule has 4 aliphatic rings. The fraction of sp³-hybridized carbons (Fsp3) is 0.545. The number of halogens is 4. The van der Waals surface area contributed by atoms with Gasteiger partial charge in [-0.2, -0.15) is 17.6 Å². The van der Waals surface area contributed by atoms with Gasteiger partial charge in [-0.05, 0) is 31.2 Å². The third-order valence-electron chi connectivity index (χ3n) is 6.88. The predicted octanol–water partition coefficient (Wildman–Crippen LogP) is 5.01. The summed E-state index contributed by atoms with van der Waals surface area (Å²) in [6, 6.07) is 0.939. The van der Waals surface area contributed by atoms with Gasteiger partial charge in [0.05, 0.1) is 41.2 Å². The molecular formula is C22H23F4N5O. The van der Waals surface area contributed by atoms with E-state index in [1.54, 1.807) is 25.1 Å². The van der Waals surface area contributed by atoms with E-state index >= 15 is 0 Å². The maximum absolute atomic E-state index is 13.9. The zero-order valence-corrected chi connectivity index (χ0v) is 17.7. The number of amides is 1. The van der Waals surface area contributed by atoms with Crippen molar-refractivity contribution in [1.82, 2.24) is 9.99 Å². The maximum atomic E-state index is 13.9. The SMILES string of the molecule is CC(C)c1ncc(NC(=O)C2CC3(CCC3)C3=C2C=NC2CC(F)=NN32)cc1C(F)(F)F. The Morgan fingerprint density at radius 2 is 2.06 bits per heavy atom. The number of aromatic nitrogens is 1. The van der Waals surface area contributed by atoms with Crippen LogP contribution in [0.25, 0.3) is 0 Å². The molecule has 2 unspecified atom stereocenters. The number of fused-ring (bicyclic) bond motifs is 3. The van der Waals surface area contributed by atoms with Gasteiger partial charge in [-0.3, -0.25) is 14.8 Å². The van der Waals surface area contributed by atoms with Crippen LogP contribution in [0.15, 0.2) is 33.6 Å². The number of nitrogens with one attached hydrogen (secondary N) is 1. The van der Waals surface area contributed by atoms with E-state index in [9.17, 15) is 22.4 Å². The van der Waals surface area contributed by atoms with E-state index in [1.807, 2.05) is 0 Å². The molecule has 1 N–H and O–H groups in total. The second-order valence-corrected chi connectivity index (χ2v) is 9.28. The van der Waals surface area contributed by atoms with E-state index in [1.165, 1.54) is 6.20 Å². The molecule has 1 fully saturated rings. The lowest BCUT2D eigenvalue weighted by Crippen LogP contribution is -2.39. The van der Waals surface area contributed by atoms with Gasteiger partial charge >= 0.3 is 6.18 Å². The van der Waals surface area contributed by atoms with Crippen LogP contribution in [0.2, 0.25) is 0 Å². The van der Waals surface area contributed by atoms with E-state index < -0.39 is 41.6 Å². The summed E-state index contributed by atoms with van der Waals surface area (Å²) in [5, 5.41) is 8.25. The van der Waals surface area contributed by atoms with Gasteiger partial charge in [-0.15, -0.1) is 5.10 Å². The lowest BCUT2D eigenvalue weighted by atomic mass is 9.65. The summed E-state index contributed by atoms with van der Waals surface area (Å²) in [7, 11) is 0. The summed E-state index contributed by atoms with van der Waals surface area (Å²) >= 11 is 0. The predicted molar refractivity (Wildman–Crippen MR) is 111 cm³/mol. The fourth-order valence-corrected chi connectivity index (χ4v) is 5.28. The van der Waals surface area contributed by atoms with Crippen molar-refractivity contribution < 1.29 is 22.4 Å². The molecule has 1 aromatic rings. The molecule has 2 aliphatic heterocycles. The van der Waals surface area contributed by atoms with E-state index in [2.05, 4.69) is 20.4 Å². The first-order valence-corrected chi connectivity index (χ1v) is 10.8. The Morgan fingerprint density at radius 3 is 2.69 bits per heavy atom. The summed E-state index contributed by atoms with van der Waals surface area (Å²) < 4.78 is 54.5. The van der Waals surface area contributed by atoms with Gasteiger partial charge in [-0.1, -0.05) is 20.3 Å². The number of aliphatic imine (C=N–C) groups is 1. The van der Waals surface area contributed by atoms with Gasteiger partial charge < -0.3 is 5.32 Å². The number of carbonyl (C=O) groups excluding carboxylic acids is 1. The summed E-state index contributed by atoms with van der Waals surface area (Å²) in [5.74, 6) is -1.90. The average Bonchev–Trinajstić information content (AvgIpc) is 3.24. The van der Waals surface area contributed by atoms with Crippen molar-refractivity contribution in [3.05, 3.63) is 34.8 Å². The van der Waals surface area contributed by atoms with Crippen molar-refractivity contribution >= 4 is 23.8 Å². The van der Waals surface area contributed by atoms with Crippen LogP contribution in [0.1, 0.15) is 63.1 Å². The highest BCUT2D eigenvalue weighted by molar-refractivity contribution is 6.01. The summed E-state index contributed by atoms with van der Waals surface area (Å²) in [4.78, 5) is 21.5. The van der Waals surface area contributed by atoms with Gasteiger partial charge in [0.15, 0.2) is 0 Å². The Kier molecular flexibility index (Phi) is 4.69. The molecule has 10 heteroatoms. The van der Waals surface area contributed by atoms with Crippen LogP contribution in [-0.4, -0.2) is 34.2 Å². The third-order valence-corrected chi connectivity index (χ3v) is 6.88. The van der Waals surface area contributed by atoms with Crippen molar-refractivity contribution in [3.8, 4) is 0 Å². The molecule has 0 radical (unpaired) electrons. The molecule has 3 heterocycles. The molecule has 6 nitrogen and oxygen atoms in total. The number of alkyl halides is 3. The summed E-state index contributed by atoms with van der Waals surface area (Å²) in [5.41, 5.74) is 0.359. The molecular weight excluding hydrogens is 426 g/mol. The molecule has 1 saturated carbocycles. The second kappa shape index (κ2) is 7.11. The number of hydrogen-bond acceptors (Lipinski definition) is 5. The van der Waals surface area contributed by atoms with Crippen LogP contribution in [0.3, 0.4) is 0 Å². The van der Waals surface area contributed by atoms with E-state index in [-0.39, 0.29) is 23.2 Å². The molecule has 1 amide bonds. The summed E-state index contributed by atoms with van der Waals surface area (Å²) in [6.07, 6.45) is 1.25. The zero-order chi connectivity index (χ0) is 22.8. The molecule has 1 spiro atoms. The second-order valence-electron chi connectivity index (χ2n) is 9.28. The van der Waals surface area contributed by atoms with Gasteiger partial charge in [0.25, 0.3) is 0 Å². The molecule has 32 heavy (non-hydrogen) atoms. The smallest absolute Gasteiger partial charge is 0.324 e. The average molecular weight is 449 g/mol. The van der Waals surface area contributed by atoms with Crippen molar-refractivity contribution in [2.75, 3.05) is 5.32 Å². The number of hydrogen-bond donors (Lipinski definition) is 1. The maximum Gasteiger partial charge on any atom is 0.418 e. The van der Waals surface area contributed by atoms with Crippen LogP contribution in [-0.2, 0) is 11.0 Å². The fourth-order valence-electron chi connectivity index (χ4n) is 5.28. The monoisotopic (exact) mass is 449 g/mol. The minimum atomic E-state index is -4.57. The van der Waals surface area contributed by atoms with Crippen molar-refractivity contribution in [2.24, 2.45) is 21.4 Å². The van der Waals surface area contributed by atoms with Crippen molar-refractivity contribution in [2.45, 2.75) is 64.2 Å². The van der Waals surface area contributed by atoms with Crippen molar-refractivity contribution in [3.63, 3.8) is 0 Å². The Hall–Kier alpha value is -2.78. The van der Waals surface area contributed by atoms with E-state index in [0.717, 1.165) is 31.0 Å². The molecule has 0 aromatic carbocycles. The minimum Gasteiger partial charge on any atom is -0.324 e. The lowest BCUT2D eigenvalue weighted by Gasteiger charge is -2.44. The molecule has 5 rings (SSSR count). The topological polar surface area (TPSA) is 70.0 Å². The normalized spacial score (nSPS) is 25.7. The van der Waals surface area contributed by atoms with Crippen LogP contribution in [0.5, 0.6) is 0 Å². The number of anilines is 1. The van der Waals surface area contributed by atoms with Crippen LogP contribution in [0, 0.1) is 11.3 Å². The van der Waals surface area contributed by atoms with Crippen LogP contribution >= 0.6 is 0 Å². The number of hydrazone groups is 1. The number of pyridine rings is 1. The van der Waals surface area contributed by atoms with E-state index in [4.69, 9.17) is 0 Å². The highest BCUT2D eigenvalue weighted by atomic mass is 19.4. The van der Waals surface area contributed by atoms with Gasteiger partial charge in [0.1, 0.15) is 6.17 Å². The first-order chi connectivity index (χ1) is 15.1. The molecule has 0 saturated heterocycles. The van der Waals surface area contributed by atoms with E-state index in [0.29, 0.717) is 12.0 Å². The Labute approximate surface area is 182 Å². The quantitative estimate of drug-likeness (QED) is 0.660. The highest BCUT2D eigenvalue weighted by Crippen LogP contribution is 2.60. The van der Waals surface area contributed by atoms with Gasteiger partial charge in [-0.25, -0.2) is 5.01 Å². The number of allylic oxidation sites excluding steroid dienone is 1. The highest BCUT2D eigenvalue weighted by Gasteiger charge is 2.56. The number of rotatable bonds is 3. The Bertz CT molecular complexity index is 1070. The van der Waals surface area contributed by atoms with Gasteiger partial charge in [0, 0.05) is 17.2 Å². The number of nitrogens with zero attached hydrogens (tertiary/aromatic N) is 4. The minimum absolute atomic E-state index is 0.000651. The molecule has 2 aliphatic carbocycles. The number of carbonyl (C=O) groups is 1. The van der Waals surface area contributed by atoms with Crippen LogP contribution in [0.4, 0.5) is 23.2 Å². The largest absolute Gasteiger partial charge is 0.418 e. The molecule has 170 valence electrons. The molecule has 0 bridgehead atoms. The Balaban J connectivity index is 1.45. The third kappa shape index (κ3) is 3.22. The summed E-state index contributed by atoms with van der Waals surface area (Å²) in [6.45, 7) is 3.28.